The molecule has 15 heavy (non-hydrogen) atoms. The molecular formula is C8H5BrClFN2OS. The van der Waals surface area contributed by atoms with E-state index < -0.39 is 5.82 Å². The summed E-state index contributed by atoms with van der Waals surface area (Å²) in [7, 11) is 1.43. The number of fused-ring (bicyclic) bond motifs is 1. The Hall–Kier alpha value is -0.460. The first kappa shape index (κ1) is 11.0. The number of rotatable bonds is 1. The standard InChI is InChI=1S/C8H5BrClFN2OS/c1-14-7-5(10)3(11)2-4-6(7)12-8(9)13-15-4/h2H,1H3,(H,12,13). The molecule has 0 fully saturated rings. The Bertz CT molecular complexity index is 455. The van der Waals surface area contributed by atoms with Crippen LogP contribution < -0.4 is 9.46 Å². The van der Waals surface area contributed by atoms with E-state index in [1.165, 1.54) is 25.1 Å². The molecule has 80 valence electrons. The summed E-state index contributed by atoms with van der Waals surface area (Å²) < 4.78 is 21.8. The maximum Gasteiger partial charge on any atom is 0.181 e. The average molecular weight is 312 g/mol. The molecule has 0 atom stereocenters. The molecule has 0 amide bonds. The van der Waals surface area contributed by atoms with Gasteiger partial charge in [0.15, 0.2) is 10.5 Å². The molecule has 7 heteroatoms. The summed E-state index contributed by atoms with van der Waals surface area (Å²) in [6, 6.07) is 1.32. The summed E-state index contributed by atoms with van der Waals surface area (Å²) in [5.74, 6) is -0.271. The SMILES string of the molecule is COc1c(Cl)c(F)cc2c1N=C(Br)NS2. The zero-order valence-corrected chi connectivity index (χ0v) is 10.6. The highest BCUT2D eigenvalue weighted by molar-refractivity contribution is 9.18. The van der Waals surface area contributed by atoms with Crippen molar-refractivity contribution in [2.75, 3.05) is 7.11 Å². The van der Waals surface area contributed by atoms with Crippen LogP contribution >= 0.6 is 39.5 Å². The fourth-order valence-electron chi connectivity index (χ4n) is 1.16. The highest BCUT2D eigenvalue weighted by atomic mass is 79.9. The zero-order chi connectivity index (χ0) is 11.0. The number of aliphatic imine (C=N–C) groups is 1. The molecule has 0 saturated carbocycles. The van der Waals surface area contributed by atoms with Crippen LogP contribution in [0.1, 0.15) is 0 Å². The lowest BCUT2D eigenvalue weighted by molar-refractivity contribution is 0.411. The second-order valence-corrected chi connectivity index (χ2v) is 4.64. The summed E-state index contributed by atoms with van der Waals surface area (Å²) >= 11 is 10.2. The topological polar surface area (TPSA) is 33.6 Å². The lowest BCUT2D eigenvalue weighted by Gasteiger charge is -2.16. The van der Waals surface area contributed by atoms with Crippen LogP contribution in [0.25, 0.3) is 0 Å². The van der Waals surface area contributed by atoms with Crippen molar-refractivity contribution < 1.29 is 9.13 Å². The van der Waals surface area contributed by atoms with Crippen molar-refractivity contribution in [3.8, 4) is 5.75 Å². The Morgan fingerprint density at radius 2 is 2.40 bits per heavy atom. The van der Waals surface area contributed by atoms with Gasteiger partial charge in [-0.05, 0) is 33.9 Å². The average Bonchev–Trinajstić information content (AvgIpc) is 2.21. The Morgan fingerprint density at radius 1 is 1.67 bits per heavy atom. The summed E-state index contributed by atoms with van der Waals surface area (Å²) in [5.41, 5.74) is 0.527. The van der Waals surface area contributed by atoms with E-state index in [1.54, 1.807) is 0 Å². The molecule has 1 aromatic carbocycles. The van der Waals surface area contributed by atoms with Gasteiger partial charge in [-0.15, -0.1) is 0 Å². The Balaban J connectivity index is 2.68. The van der Waals surface area contributed by atoms with Gasteiger partial charge in [-0.25, -0.2) is 9.38 Å². The van der Waals surface area contributed by atoms with Gasteiger partial charge in [0.1, 0.15) is 16.5 Å². The molecule has 1 aliphatic heterocycles. The predicted molar refractivity (Wildman–Crippen MR) is 63.0 cm³/mol. The number of nitrogens with zero attached hydrogens (tertiary/aromatic N) is 1. The number of halogens is 3. The summed E-state index contributed by atoms with van der Waals surface area (Å²) in [6.45, 7) is 0. The monoisotopic (exact) mass is 310 g/mol. The third kappa shape index (κ3) is 1.93. The molecule has 0 unspecified atom stereocenters. The number of benzene rings is 1. The van der Waals surface area contributed by atoms with Gasteiger partial charge in [0.2, 0.25) is 0 Å². The van der Waals surface area contributed by atoms with E-state index in [0.29, 0.717) is 15.3 Å². The molecule has 1 aliphatic rings. The van der Waals surface area contributed by atoms with Gasteiger partial charge in [-0.3, -0.25) is 0 Å². The molecule has 0 saturated heterocycles. The van der Waals surface area contributed by atoms with Gasteiger partial charge in [-0.1, -0.05) is 11.6 Å². The molecule has 1 N–H and O–H groups in total. The first-order valence-corrected chi connectivity index (χ1v) is 5.85. The normalized spacial score (nSPS) is 14.0. The van der Waals surface area contributed by atoms with E-state index in [2.05, 4.69) is 25.6 Å². The zero-order valence-electron chi connectivity index (χ0n) is 7.47. The highest BCUT2D eigenvalue weighted by Crippen LogP contribution is 2.45. The first-order chi connectivity index (χ1) is 7.13. The van der Waals surface area contributed by atoms with E-state index >= 15 is 0 Å². The minimum absolute atomic E-state index is 0.0530. The van der Waals surface area contributed by atoms with Crippen LogP contribution in [0.4, 0.5) is 10.1 Å². The maximum absolute atomic E-state index is 13.3. The van der Waals surface area contributed by atoms with Crippen LogP contribution in [0.2, 0.25) is 5.02 Å². The van der Waals surface area contributed by atoms with Gasteiger partial charge in [0.05, 0.1) is 12.0 Å². The third-order valence-electron chi connectivity index (χ3n) is 1.77. The molecule has 0 bridgehead atoms. The van der Waals surface area contributed by atoms with Crippen molar-refractivity contribution in [1.29, 1.82) is 0 Å². The molecular weight excluding hydrogens is 307 g/mol. The second-order valence-electron chi connectivity index (χ2n) is 2.66. The van der Waals surface area contributed by atoms with Crippen LogP contribution in [-0.2, 0) is 0 Å². The summed E-state index contributed by atoms with van der Waals surface area (Å²) in [5, 5.41) is -0.0530. The van der Waals surface area contributed by atoms with Gasteiger partial charge >= 0.3 is 0 Å². The van der Waals surface area contributed by atoms with Crippen LogP contribution in [-0.4, -0.2) is 11.9 Å². The third-order valence-corrected chi connectivity index (χ3v) is 3.59. The van der Waals surface area contributed by atoms with E-state index in [1.807, 2.05) is 0 Å². The van der Waals surface area contributed by atoms with Gasteiger partial charge in [0, 0.05) is 0 Å². The lowest BCUT2D eigenvalue weighted by Crippen LogP contribution is -2.11. The molecule has 0 aromatic heterocycles. The van der Waals surface area contributed by atoms with Crippen LogP contribution in [0.15, 0.2) is 16.0 Å². The van der Waals surface area contributed by atoms with E-state index in [4.69, 9.17) is 16.3 Å². The smallest absolute Gasteiger partial charge is 0.181 e. The lowest BCUT2D eigenvalue weighted by atomic mass is 10.3. The van der Waals surface area contributed by atoms with Crippen molar-refractivity contribution in [1.82, 2.24) is 4.72 Å². The Labute approximate surface area is 103 Å². The first-order valence-electron chi connectivity index (χ1n) is 3.86. The number of hydrogen-bond donors (Lipinski definition) is 1. The minimum atomic E-state index is -0.519. The quantitative estimate of drug-likeness (QED) is 0.637. The Kier molecular flexibility index (Phi) is 3.08. The number of ether oxygens (including phenoxy) is 1. The molecule has 0 spiro atoms. The minimum Gasteiger partial charge on any atom is -0.493 e. The fourth-order valence-corrected chi connectivity index (χ4v) is 2.44. The van der Waals surface area contributed by atoms with Crippen LogP contribution in [0.5, 0.6) is 5.75 Å². The van der Waals surface area contributed by atoms with Crippen molar-refractivity contribution in [3.05, 3.63) is 16.9 Å². The summed E-state index contributed by atoms with van der Waals surface area (Å²) in [6.07, 6.45) is 0. The number of amidine groups is 1. The van der Waals surface area contributed by atoms with E-state index in [9.17, 15) is 4.39 Å². The molecule has 2 rings (SSSR count). The predicted octanol–water partition coefficient (Wildman–Crippen LogP) is 3.48. The molecule has 1 aromatic rings. The number of hydrogen-bond acceptors (Lipinski definition) is 4. The number of methoxy groups -OCH3 is 1. The van der Waals surface area contributed by atoms with Gasteiger partial charge in [0.25, 0.3) is 0 Å². The second kappa shape index (κ2) is 4.19. The largest absolute Gasteiger partial charge is 0.493 e. The molecule has 0 aliphatic carbocycles. The van der Waals surface area contributed by atoms with E-state index in [0.717, 1.165) is 0 Å². The van der Waals surface area contributed by atoms with Crippen molar-refractivity contribution in [2.45, 2.75) is 4.90 Å². The van der Waals surface area contributed by atoms with Gasteiger partial charge in [-0.2, -0.15) is 0 Å². The maximum atomic E-state index is 13.3. The van der Waals surface area contributed by atoms with E-state index in [-0.39, 0.29) is 10.8 Å². The fraction of sp³-hybridized carbons (Fsp3) is 0.125. The summed E-state index contributed by atoms with van der Waals surface area (Å²) in [4.78, 5) is 4.78. The molecule has 1 heterocycles. The Morgan fingerprint density at radius 3 is 3.07 bits per heavy atom. The van der Waals surface area contributed by atoms with Crippen molar-refractivity contribution in [3.63, 3.8) is 0 Å². The highest BCUT2D eigenvalue weighted by Gasteiger charge is 2.21. The van der Waals surface area contributed by atoms with Gasteiger partial charge < -0.3 is 9.46 Å². The molecule has 3 nitrogen and oxygen atoms in total. The molecule has 0 radical (unpaired) electrons. The van der Waals surface area contributed by atoms with Crippen molar-refractivity contribution >= 4 is 49.9 Å². The number of nitrogens with one attached hydrogen (secondary N) is 1. The van der Waals surface area contributed by atoms with Crippen LogP contribution in [0.3, 0.4) is 0 Å². The van der Waals surface area contributed by atoms with Crippen LogP contribution in [0, 0.1) is 5.82 Å². The van der Waals surface area contributed by atoms with Crippen molar-refractivity contribution in [2.24, 2.45) is 4.99 Å².